The molecule has 2 aromatic rings. The number of thiophene rings is 1. The lowest BCUT2D eigenvalue weighted by Gasteiger charge is -2.41. The molecular weight excluding hydrogens is 436 g/mol. The zero-order valence-corrected chi connectivity index (χ0v) is 19.6. The van der Waals surface area contributed by atoms with E-state index in [0.717, 1.165) is 18.4 Å². The molecule has 0 radical (unpaired) electrons. The number of pyridine rings is 1. The van der Waals surface area contributed by atoms with Gasteiger partial charge in [0, 0.05) is 37.5 Å². The average Bonchev–Trinajstić information content (AvgIpc) is 3.59. The number of hydrogen-bond acceptors (Lipinski definition) is 5. The van der Waals surface area contributed by atoms with E-state index in [0.29, 0.717) is 43.8 Å². The van der Waals surface area contributed by atoms with Crippen molar-refractivity contribution in [2.24, 2.45) is 11.8 Å². The molecule has 4 heterocycles. The lowest BCUT2D eigenvalue weighted by molar-refractivity contribution is -0.137. The van der Waals surface area contributed by atoms with Gasteiger partial charge >= 0.3 is 6.03 Å². The summed E-state index contributed by atoms with van der Waals surface area (Å²) in [5, 5.41) is 6.97. The molecule has 1 saturated carbocycles. The summed E-state index contributed by atoms with van der Waals surface area (Å²) < 4.78 is 0. The Balaban J connectivity index is 1.35. The maximum Gasteiger partial charge on any atom is 0.325 e. The van der Waals surface area contributed by atoms with Crippen LogP contribution in [0.1, 0.15) is 56.1 Å². The van der Waals surface area contributed by atoms with Crippen LogP contribution >= 0.6 is 11.3 Å². The van der Waals surface area contributed by atoms with E-state index in [9.17, 15) is 14.4 Å². The summed E-state index contributed by atoms with van der Waals surface area (Å²) in [5.41, 5.74) is 0.520. The molecule has 8 heteroatoms. The van der Waals surface area contributed by atoms with E-state index in [2.05, 4.69) is 10.3 Å². The Morgan fingerprint density at radius 1 is 1.15 bits per heavy atom. The van der Waals surface area contributed by atoms with Crippen molar-refractivity contribution in [2.75, 3.05) is 13.1 Å². The quantitative estimate of drug-likeness (QED) is 0.655. The summed E-state index contributed by atoms with van der Waals surface area (Å²) in [6.45, 7) is 1.49. The van der Waals surface area contributed by atoms with E-state index in [-0.39, 0.29) is 30.3 Å². The van der Waals surface area contributed by atoms with Crippen molar-refractivity contribution in [1.82, 2.24) is 20.1 Å². The molecule has 174 valence electrons. The zero-order chi connectivity index (χ0) is 22.8. The number of rotatable bonds is 6. The Labute approximate surface area is 198 Å². The summed E-state index contributed by atoms with van der Waals surface area (Å²) in [7, 11) is 0. The topological polar surface area (TPSA) is 82.6 Å². The number of urea groups is 1. The number of piperidine rings is 1. The molecule has 0 bridgehead atoms. The molecule has 3 aliphatic rings. The van der Waals surface area contributed by atoms with Crippen LogP contribution in [0, 0.1) is 11.8 Å². The molecule has 33 heavy (non-hydrogen) atoms. The SMILES string of the molecule is O=C(CC1CCCC1)N1CCC([C@@]2(c3cccnc3)NC(=O)N(Cc3ccsc3)C2=O)CC1. The molecule has 5 rings (SSSR count). The van der Waals surface area contributed by atoms with Crippen LogP contribution in [-0.4, -0.2) is 45.7 Å². The number of nitrogens with zero attached hydrogens (tertiary/aromatic N) is 3. The number of likely N-dealkylation sites (tertiary alicyclic amines) is 1. The van der Waals surface area contributed by atoms with Gasteiger partial charge < -0.3 is 10.2 Å². The highest BCUT2D eigenvalue weighted by Gasteiger charge is 2.57. The molecule has 3 fully saturated rings. The number of imide groups is 1. The van der Waals surface area contributed by atoms with Gasteiger partial charge in [0.2, 0.25) is 5.91 Å². The summed E-state index contributed by atoms with van der Waals surface area (Å²) in [6.07, 6.45) is 10.1. The Morgan fingerprint density at radius 3 is 2.61 bits per heavy atom. The van der Waals surface area contributed by atoms with Crippen LogP contribution in [0.5, 0.6) is 0 Å². The molecule has 1 N–H and O–H groups in total. The van der Waals surface area contributed by atoms with Gasteiger partial charge in [-0.15, -0.1) is 0 Å². The van der Waals surface area contributed by atoms with Crippen molar-refractivity contribution in [3.63, 3.8) is 0 Å². The van der Waals surface area contributed by atoms with Crippen LogP contribution in [0.25, 0.3) is 0 Å². The number of hydrogen-bond donors (Lipinski definition) is 1. The maximum atomic E-state index is 13.8. The largest absolute Gasteiger partial charge is 0.343 e. The lowest BCUT2D eigenvalue weighted by Crippen LogP contribution is -2.54. The van der Waals surface area contributed by atoms with E-state index in [4.69, 9.17) is 0 Å². The van der Waals surface area contributed by atoms with E-state index in [1.54, 1.807) is 29.8 Å². The van der Waals surface area contributed by atoms with Gasteiger partial charge in [0.15, 0.2) is 5.54 Å². The van der Waals surface area contributed by atoms with Gasteiger partial charge in [-0.05, 0) is 66.0 Å². The van der Waals surface area contributed by atoms with Crippen molar-refractivity contribution < 1.29 is 14.4 Å². The van der Waals surface area contributed by atoms with Gasteiger partial charge in [0.1, 0.15) is 0 Å². The first-order valence-electron chi connectivity index (χ1n) is 11.9. The van der Waals surface area contributed by atoms with Crippen LogP contribution in [0.2, 0.25) is 0 Å². The molecular formula is C25H30N4O3S. The fourth-order valence-electron chi connectivity index (χ4n) is 5.76. The second kappa shape index (κ2) is 9.25. The summed E-state index contributed by atoms with van der Waals surface area (Å²) in [4.78, 5) is 47.2. The van der Waals surface area contributed by atoms with Gasteiger partial charge in [0.25, 0.3) is 5.91 Å². The van der Waals surface area contributed by atoms with Gasteiger partial charge in [-0.2, -0.15) is 11.3 Å². The number of aromatic nitrogens is 1. The maximum absolute atomic E-state index is 13.8. The predicted molar refractivity (Wildman–Crippen MR) is 125 cm³/mol. The van der Waals surface area contributed by atoms with Crippen LogP contribution < -0.4 is 5.32 Å². The Bertz CT molecular complexity index is 998. The minimum absolute atomic E-state index is 0.0962. The highest BCUT2D eigenvalue weighted by atomic mass is 32.1. The van der Waals surface area contributed by atoms with Crippen molar-refractivity contribution in [2.45, 2.75) is 57.0 Å². The van der Waals surface area contributed by atoms with Crippen LogP contribution in [0.3, 0.4) is 0 Å². The Morgan fingerprint density at radius 2 is 1.94 bits per heavy atom. The normalized spacial score (nSPS) is 24.5. The zero-order valence-electron chi connectivity index (χ0n) is 18.7. The van der Waals surface area contributed by atoms with Crippen LogP contribution in [0.15, 0.2) is 41.4 Å². The van der Waals surface area contributed by atoms with Crippen molar-refractivity contribution >= 4 is 29.2 Å². The number of amides is 4. The van der Waals surface area contributed by atoms with E-state index < -0.39 is 5.54 Å². The second-order valence-corrected chi connectivity index (χ2v) is 10.3. The standard InChI is InChI=1S/C25H30N4O3S/c30-22(14-18-4-1-2-5-18)28-11-7-20(8-12-28)25(21-6-3-10-26-15-21)23(31)29(24(32)27-25)16-19-9-13-33-17-19/h3,6,9-10,13,15,17-18,20H,1-2,4-5,7-8,11-12,14,16H2,(H,27,32)/t25-/m0/s1. The van der Waals surface area contributed by atoms with E-state index in [1.807, 2.05) is 27.8 Å². The monoisotopic (exact) mass is 466 g/mol. The van der Waals surface area contributed by atoms with Gasteiger partial charge in [-0.3, -0.25) is 19.5 Å². The smallest absolute Gasteiger partial charge is 0.325 e. The minimum atomic E-state index is -1.14. The molecule has 2 saturated heterocycles. The molecule has 1 aliphatic carbocycles. The van der Waals surface area contributed by atoms with Crippen molar-refractivity contribution in [3.8, 4) is 0 Å². The Kier molecular flexibility index (Phi) is 6.19. The second-order valence-electron chi connectivity index (χ2n) is 9.51. The molecule has 4 amide bonds. The summed E-state index contributed by atoms with van der Waals surface area (Å²) in [6, 6.07) is 5.24. The van der Waals surface area contributed by atoms with Gasteiger partial charge in [-0.25, -0.2) is 4.79 Å². The lowest BCUT2D eigenvalue weighted by atomic mass is 9.73. The number of carbonyl (C=O) groups excluding carboxylic acids is 3. The van der Waals surface area contributed by atoms with Crippen LogP contribution in [0.4, 0.5) is 4.79 Å². The third kappa shape index (κ3) is 4.16. The third-order valence-corrected chi connectivity index (χ3v) is 8.30. The first kappa shape index (κ1) is 22.1. The number of carbonyl (C=O) groups is 3. The van der Waals surface area contributed by atoms with Gasteiger partial charge in [-0.1, -0.05) is 18.9 Å². The highest BCUT2D eigenvalue weighted by Crippen LogP contribution is 2.42. The molecule has 1 atom stereocenters. The van der Waals surface area contributed by atoms with E-state index >= 15 is 0 Å². The van der Waals surface area contributed by atoms with Crippen molar-refractivity contribution in [1.29, 1.82) is 0 Å². The molecule has 2 aliphatic heterocycles. The molecule has 0 unspecified atom stereocenters. The molecule has 0 spiro atoms. The third-order valence-electron chi connectivity index (χ3n) is 7.57. The fourth-order valence-corrected chi connectivity index (χ4v) is 6.42. The molecule has 7 nitrogen and oxygen atoms in total. The summed E-state index contributed by atoms with van der Waals surface area (Å²) >= 11 is 1.55. The molecule has 0 aromatic carbocycles. The minimum Gasteiger partial charge on any atom is -0.343 e. The van der Waals surface area contributed by atoms with E-state index in [1.165, 1.54) is 17.7 Å². The summed E-state index contributed by atoms with van der Waals surface area (Å²) in [5.74, 6) is 0.443. The van der Waals surface area contributed by atoms with Crippen LogP contribution in [-0.2, 0) is 21.7 Å². The first-order valence-corrected chi connectivity index (χ1v) is 12.9. The number of nitrogens with one attached hydrogen (secondary N) is 1. The first-order chi connectivity index (χ1) is 16.1. The van der Waals surface area contributed by atoms with Crippen molar-refractivity contribution in [3.05, 3.63) is 52.5 Å². The highest BCUT2D eigenvalue weighted by molar-refractivity contribution is 7.07. The average molecular weight is 467 g/mol. The predicted octanol–water partition coefficient (Wildman–Crippen LogP) is 3.91. The fraction of sp³-hybridized carbons (Fsp3) is 0.520. The molecule has 2 aromatic heterocycles. The van der Waals surface area contributed by atoms with Gasteiger partial charge in [0.05, 0.1) is 6.54 Å². The Hall–Kier alpha value is -2.74.